The molecule has 1 N–H and O–H groups in total. The summed E-state index contributed by atoms with van der Waals surface area (Å²) < 4.78 is 12.5. The molecule has 1 heterocycles. The summed E-state index contributed by atoms with van der Waals surface area (Å²) in [5.74, 6) is 1.70. The van der Waals surface area contributed by atoms with Gasteiger partial charge < -0.3 is 14.8 Å². The Morgan fingerprint density at radius 1 is 1.43 bits per heavy atom. The van der Waals surface area contributed by atoms with E-state index in [0.29, 0.717) is 33.2 Å². The van der Waals surface area contributed by atoms with E-state index in [0.717, 1.165) is 16.5 Å². The molecule has 0 aromatic heterocycles. The highest BCUT2D eigenvalue weighted by atomic mass is 79.9. The topological polar surface area (TPSA) is 47.6 Å². The third-order valence-electron chi connectivity index (χ3n) is 3.13. The second-order valence-electron chi connectivity index (χ2n) is 5.42. The lowest BCUT2D eigenvalue weighted by Crippen LogP contribution is -2.17. The van der Waals surface area contributed by atoms with Gasteiger partial charge >= 0.3 is 0 Å². The van der Waals surface area contributed by atoms with Crippen LogP contribution in [0.2, 0.25) is 0 Å². The Bertz CT molecular complexity index is 659. The lowest BCUT2D eigenvalue weighted by Gasteiger charge is -2.14. The number of hydrogen-bond acceptors (Lipinski definition) is 5. The first-order valence-electron chi connectivity index (χ1n) is 7.16. The van der Waals surface area contributed by atoms with Gasteiger partial charge in [-0.2, -0.15) is 0 Å². The maximum absolute atomic E-state index is 11.7. The molecule has 1 saturated heterocycles. The Kier molecular flexibility index (Phi) is 6.50. The fourth-order valence-electron chi connectivity index (χ4n) is 1.93. The monoisotopic (exact) mass is 415 g/mol. The molecule has 0 unspecified atom stereocenters. The standard InChI is InChI=1S/C16H18BrNO3S2/c1-9(2)4-5-21-14-11(17)6-10(7-12(14)20-3)8-13-15(19)18-16(22)23-13/h6-9H,4-5H2,1-3H3,(H,18,19,22)/b13-8+. The molecular weight excluding hydrogens is 398 g/mol. The van der Waals surface area contributed by atoms with Crippen molar-refractivity contribution in [3.8, 4) is 11.5 Å². The average molecular weight is 416 g/mol. The summed E-state index contributed by atoms with van der Waals surface area (Å²) in [6, 6.07) is 3.74. The van der Waals surface area contributed by atoms with Gasteiger partial charge in [-0.1, -0.05) is 37.8 Å². The van der Waals surface area contributed by atoms with Crippen LogP contribution in [0.5, 0.6) is 11.5 Å². The first-order chi connectivity index (χ1) is 10.9. The summed E-state index contributed by atoms with van der Waals surface area (Å²) in [7, 11) is 1.60. The van der Waals surface area contributed by atoms with Crippen molar-refractivity contribution in [2.75, 3.05) is 13.7 Å². The predicted octanol–water partition coefficient (Wildman–Crippen LogP) is 4.37. The second kappa shape index (κ2) is 8.17. The molecule has 0 spiro atoms. The number of nitrogens with one attached hydrogen (secondary N) is 1. The summed E-state index contributed by atoms with van der Waals surface area (Å²) in [5, 5.41) is 2.60. The van der Waals surface area contributed by atoms with E-state index in [4.69, 9.17) is 21.7 Å². The Labute approximate surface area is 154 Å². The van der Waals surface area contributed by atoms with Crippen molar-refractivity contribution in [3.63, 3.8) is 0 Å². The zero-order valence-electron chi connectivity index (χ0n) is 13.1. The minimum atomic E-state index is -0.174. The number of halogens is 1. The summed E-state index contributed by atoms with van der Waals surface area (Å²) in [6.07, 6.45) is 2.75. The summed E-state index contributed by atoms with van der Waals surface area (Å²) in [4.78, 5) is 12.3. The van der Waals surface area contributed by atoms with Crippen LogP contribution in [0.15, 0.2) is 21.5 Å². The van der Waals surface area contributed by atoms with Crippen LogP contribution in [-0.2, 0) is 4.79 Å². The van der Waals surface area contributed by atoms with Crippen LogP contribution in [-0.4, -0.2) is 23.9 Å². The molecule has 0 saturated carbocycles. The minimum Gasteiger partial charge on any atom is -0.493 e. The third-order valence-corrected chi connectivity index (χ3v) is 4.88. The van der Waals surface area contributed by atoms with Gasteiger partial charge in [0.05, 0.1) is 23.1 Å². The van der Waals surface area contributed by atoms with Gasteiger partial charge in [-0.3, -0.25) is 4.79 Å². The van der Waals surface area contributed by atoms with Crippen LogP contribution in [0, 0.1) is 5.92 Å². The lowest BCUT2D eigenvalue weighted by molar-refractivity contribution is -0.115. The van der Waals surface area contributed by atoms with E-state index in [1.165, 1.54) is 11.8 Å². The Balaban J connectivity index is 2.24. The van der Waals surface area contributed by atoms with Crippen molar-refractivity contribution in [1.29, 1.82) is 0 Å². The van der Waals surface area contributed by atoms with E-state index in [1.807, 2.05) is 12.1 Å². The van der Waals surface area contributed by atoms with Gasteiger partial charge in [0.1, 0.15) is 4.32 Å². The van der Waals surface area contributed by atoms with Crippen LogP contribution in [0.1, 0.15) is 25.8 Å². The van der Waals surface area contributed by atoms with E-state index in [-0.39, 0.29) is 5.91 Å². The van der Waals surface area contributed by atoms with Gasteiger partial charge in [0, 0.05) is 0 Å². The molecular formula is C16H18BrNO3S2. The molecule has 1 aromatic rings. The molecule has 23 heavy (non-hydrogen) atoms. The van der Waals surface area contributed by atoms with Crippen molar-refractivity contribution in [1.82, 2.24) is 5.32 Å². The molecule has 0 aliphatic carbocycles. The maximum Gasteiger partial charge on any atom is 0.263 e. The molecule has 0 atom stereocenters. The molecule has 1 fully saturated rings. The van der Waals surface area contributed by atoms with Crippen LogP contribution < -0.4 is 14.8 Å². The average Bonchev–Trinajstić information content (AvgIpc) is 2.78. The van der Waals surface area contributed by atoms with E-state index in [1.54, 1.807) is 13.2 Å². The number of carbonyl (C=O) groups excluding carboxylic acids is 1. The highest BCUT2D eigenvalue weighted by Crippen LogP contribution is 2.38. The number of amides is 1. The zero-order chi connectivity index (χ0) is 17.0. The van der Waals surface area contributed by atoms with Gasteiger partial charge in [0.15, 0.2) is 11.5 Å². The number of rotatable bonds is 6. The largest absolute Gasteiger partial charge is 0.493 e. The second-order valence-corrected chi connectivity index (χ2v) is 7.99. The Morgan fingerprint density at radius 2 is 2.17 bits per heavy atom. The molecule has 1 aliphatic heterocycles. The van der Waals surface area contributed by atoms with Gasteiger partial charge in [-0.05, 0) is 52.0 Å². The number of ether oxygens (including phenoxy) is 2. The van der Waals surface area contributed by atoms with Crippen LogP contribution in [0.3, 0.4) is 0 Å². The molecule has 2 rings (SSSR count). The van der Waals surface area contributed by atoms with Gasteiger partial charge in [-0.15, -0.1) is 0 Å². The van der Waals surface area contributed by atoms with Crippen molar-refractivity contribution in [2.24, 2.45) is 5.92 Å². The van der Waals surface area contributed by atoms with E-state index >= 15 is 0 Å². The number of hydrogen-bond donors (Lipinski definition) is 1. The molecule has 0 radical (unpaired) electrons. The summed E-state index contributed by atoms with van der Waals surface area (Å²) >= 11 is 9.76. The van der Waals surface area contributed by atoms with E-state index in [2.05, 4.69) is 35.1 Å². The first kappa shape index (κ1) is 18.3. The van der Waals surface area contributed by atoms with Gasteiger partial charge in [0.25, 0.3) is 5.91 Å². The van der Waals surface area contributed by atoms with Crippen LogP contribution in [0.4, 0.5) is 0 Å². The number of thioether (sulfide) groups is 1. The lowest BCUT2D eigenvalue weighted by atomic mass is 10.1. The van der Waals surface area contributed by atoms with Gasteiger partial charge in [-0.25, -0.2) is 0 Å². The SMILES string of the molecule is COc1cc(/C=C2/SC(=S)NC2=O)cc(Br)c1OCCC(C)C. The normalized spacial score (nSPS) is 16.1. The quantitative estimate of drug-likeness (QED) is 0.551. The predicted molar refractivity (Wildman–Crippen MR) is 102 cm³/mol. The fraction of sp³-hybridized carbons (Fsp3) is 0.375. The Hall–Kier alpha value is -1.05. The fourth-order valence-corrected chi connectivity index (χ4v) is 3.55. The number of methoxy groups -OCH3 is 1. The maximum atomic E-state index is 11.7. The first-order valence-corrected chi connectivity index (χ1v) is 9.17. The molecule has 1 amide bonds. The van der Waals surface area contributed by atoms with Crippen molar-refractivity contribution >= 4 is 56.2 Å². The number of benzene rings is 1. The van der Waals surface area contributed by atoms with Crippen molar-refractivity contribution < 1.29 is 14.3 Å². The zero-order valence-corrected chi connectivity index (χ0v) is 16.4. The highest BCUT2D eigenvalue weighted by Gasteiger charge is 2.22. The van der Waals surface area contributed by atoms with E-state index in [9.17, 15) is 4.79 Å². The highest BCUT2D eigenvalue weighted by molar-refractivity contribution is 9.10. The number of carbonyl (C=O) groups is 1. The molecule has 4 nitrogen and oxygen atoms in total. The molecule has 124 valence electrons. The number of thiocarbonyl (C=S) groups is 1. The van der Waals surface area contributed by atoms with E-state index < -0.39 is 0 Å². The van der Waals surface area contributed by atoms with Crippen molar-refractivity contribution in [3.05, 3.63) is 27.1 Å². The third kappa shape index (κ3) is 4.96. The minimum absolute atomic E-state index is 0.174. The summed E-state index contributed by atoms with van der Waals surface area (Å²) in [6.45, 7) is 4.93. The van der Waals surface area contributed by atoms with Crippen molar-refractivity contribution in [2.45, 2.75) is 20.3 Å². The summed E-state index contributed by atoms with van der Waals surface area (Å²) in [5.41, 5.74) is 0.840. The van der Waals surface area contributed by atoms with Crippen LogP contribution >= 0.6 is 39.9 Å². The molecule has 7 heteroatoms. The Morgan fingerprint density at radius 3 is 2.74 bits per heavy atom. The van der Waals surface area contributed by atoms with Gasteiger partial charge in [0.2, 0.25) is 0 Å². The smallest absolute Gasteiger partial charge is 0.263 e. The molecule has 1 aromatic carbocycles. The van der Waals surface area contributed by atoms with Crippen LogP contribution in [0.25, 0.3) is 6.08 Å². The molecule has 0 bridgehead atoms. The molecule has 1 aliphatic rings.